The van der Waals surface area contributed by atoms with Crippen molar-refractivity contribution < 1.29 is 0 Å². The van der Waals surface area contributed by atoms with Gasteiger partial charge in [-0.3, -0.25) is 0 Å². The van der Waals surface area contributed by atoms with Gasteiger partial charge < -0.3 is 9.88 Å². The molecule has 3 rings (SSSR count). The highest BCUT2D eigenvalue weighted by molar-refractivity contribution is 5.60. The van der Waals surface area contributed by atoms with Crippen LogP contribution in [0.3, 0.4) is 0 Å². The third-order valence-electron chi connectivity index (χ3n) is 4.70. The van der Waals surface area contributed by atoms with Crippen LogP contribution >= 0.6 is 0 Å². The topological polar surface area (TPSA) is 42.7 Å². The number of aryl methyl sites for hydroxylation is 1. The first kappa shape index (κ1) is 14.1. The fourth-order valence-electron chi connectivity index (χ4n) is 3.22. The van der Waals surface area contributed by atoms with Gasteiger partial charge >= 0.3 is 0 Å². The Bertz CT molecular complexity index is 598. The molecule has 0 saturated heterocycles. The highest BCUT2D eigenvalue weighted by atomic mass is 15.2. The number of anilines is 1. The lowest BCUT2D eigenvalue weighted by Gasteiger charge is -2.39. The first-order chi connectivity index (χ1) is 10.1. The van der Waals surface area contributed by atoms with E-state index in [1.807, 2.05) is 11.6 Å². The zero-order chi connectivity index (χ0) is 14.9. The van der Waals surface area contributed by atoms with Crippen LogP contribution in [0.25, 0.3) is 11.4 Å². The minimum atomic E-state index is 0.376. The van der Waals surface area contributed by atoms with E-state index in [1.165, 1.54) is 31.4 Å². The van der Waals surface area contributed by atoms with Crippen molar-refractivity contribution in [2.45, 2.75) is 45.6 Å². The van der Waals surface area contributed by atoms with Crippen LogP contribution in [0.2, 0.25) is 0 Å². The maximum Gasteiger partial charge on any atom is 0.163 e. The highest BCUT2D eigenvalue weighted by Gasteiger charge is 2.31. The summed E-state index contributed by atoms with van der Waals surface area (Å²) >= 11 is 0. The third kappa shape index (κ3) is 2.94. The molecule has 1 aliphatic rings. The lowest BCUT2D eigenvalue weighted by molar-refractivity contribution is 0.217. The van der Waals surface area contributed by atoms with E-state index in [9.17, 15) is 0 Å². The molecule has 0 spiro atoms. The van der Waals surface area contributed by atoms with Crippen molar-refractivity contribution in [3.8, 4) is 11.4 Å². The number of aromatic nitrogens is 3. The molecule has 0 bridgehead atoms. The van der Waals surface area contributed by atoms with E-state index in [-0.39, 0.29) is 0 Å². The van der Waals surface area contributed by atoms with Crippen molar-refractivity contribution >= 4 is 5.69 Å². The van der Waals surface area contributed by atoms with Crippen molar-refractivity contribution in [1.82, 2.24) is 14.8 Å². The minimum absolute atomic E-state index is 0.376. The molecular formula is C17H24N4. The van der Waals surface area contributed by atoms with Crippen LogP contribution in [0, 0.1) is 5.41 Å². The largest absolute Gasteiger partial charge is 0.382 e. The summed E-state index contributed by atoms with van der Waals surface area (Å²) in [7, 11) is 1.96. The maximum absolute atomic E-state index is 4.15. The molecule has 4 nitrogen and oxygen atoms in total. The fourth-order valence-corrected chi connectivity index (χ4v) is 3.22. The minimum Gasteiger partial charge on any atom is -0.382 e. The van der Waals surface area contributed by atoms with Gasteiger partial charge in [0.05, 0.1) is 0 Å². The molecule has 1 aliphatic carbocycles. The molecule has 1 heterocycles. The summed E-state index contributed by atoms with van der Waals surface area (Å²) in [6.45, 7) is 4.75. The van der Waals surface area contributed by atoms with Crippen LogP contribution in [0.5, 0.6) is 0 Å². The Balaban J connectivity index is 1.74. The molecule has 1 atom stereocenters. The van der Waals surface area contributed by atoms with Gasteiger partial charge in [-0.15, -0.1) is 10.2 Å². The highest BCUT2D eigenvalue weighted by Crippen LogP contribution is 2.37. The Morgan fingerprint density at radius 2 is 1.95 bits per heavy atom. The van der Waals surface area contributed by atoms with Crippen LogP contribution < -0.4 is 5.32 Å². The number of hydrogen-bond donors (Lipinski definition) is 1. The summed E-state index contributed by atoms with van der Waals surface area (Å²) in [4.78, 5) is 0. The molecule has 4 heteroatoms. The number of benzene rings is 1. The summed E-state index contributed by atoms with van der Waals surface area (Å²) in [5, 5.41) is 11.8. The Labute approximate surface area is 126 Å². The lowest BCUT2D eigenvalue weighted by Crippen LogP contribution is -2.38. The van der Waals surface area contributed by atoms with Gasteiger partial charge in [-0.1, -0.05) is 26.7 Å². The second-order valence-corrected chi connectivity index (χ2v) is 6.77. The summed E-state index contributed by atoms with van der Waals surface area (Å²) < 4.78 is 1.94. The summed E-state index contributed by atoms with van der Waals surface area (Å²) in [5.74, 6) is 0.902. The summed E-state index contributed by atoms with van der Waals surface area (Å²) in [6, 6.07) is 9.08. The summed E-state index contributed by atoms with van der Waals surface area (Å²) in [6.07, 6.45) is 6.99. The second-order valence-electron chi connectivity index (χ2n) is 6.77. The fraction of sp³-hybridized carbons (Fsp3) is 0.529. The van der Waals surface area contributed by atoms with Crippen LogP contribution in [0.4, 0.5) is 5.69 Å². The average Bonchev–Trinajstić information content (AvgIpc) is 2.88. The molecular weight excluding hydrogens is 260 g/mol. The number of hydrogen-bond acceptors (Lipinski definition) is 3. The number of nitrogens with one attached hydrogen (secondary N) is 1. The second kappa shape index (κ2) is 5.51. The average molecular weight is 284 g/mol. The Morgan fingerprint density at radius 1 is 1.19 bits per heavy atom. The Kier molecular flexibility index (Phi) is 3.70. The monoisotopic (exact) mass is 284 g/mol. The van der Waals surface area contributed by atoms with E-state index < -0.39 is 0 Å². The van der Waals surface area contributed by atoms with Crippen molar-refractivity contribution in [3.63, 3.8) is 0 Å². The molecule has 2 aromatic rings. The molecule has 1 fully saturated rings. The molecule has 1 aromatic carbocycles. The van der Waals surface area contributed by atoms with Gasteiger partial charge in [0.15, 0.2) is 5.82 Å². The van der Waals surface area contributed by atoms with Gasteiger partial charge in [-0.2, -0.15) is 0 Å². The van der Waals surface area contributed by atoms with E-state index >= 15 is 0 Å². The molecule has 112 valence electrons. The lowest BCUT2D eigenvalue weighted by atomic mass is 9.73. The smallest absolute Gasteiger partial charge is 0.163 e. The molecule has 1 N–H and O–H groups in total. The molecule has 1 saturated carbocycles. The van der Waals surface area contributed by atoms with Gasteiger partial charge in [0.25, 0.3) is 0 Å². The first-order valence-corrected chi connectivity index (χ1v) is 7.77. The van der Waals surface area contributed by atoms with E-state index in [4.69, 9.17) is 0 Å². The Hall–Kier alpha value is -1.84. The van der Waals surface area contributed by atoms with E-state index in [2.05, 4.69) is 53.6 Å². The molecule has 1 unspecified atom stereocenters. The zero-order valence-corrected chi connectivity index (χ0v) is 13.1. The van der Waals surface area contributed by atoms with E-state index in [1.54, 1.807) is 6.33 Å². The van der Waals surface area contributed by atoms with Gasteiger partial charge in [0.1, 0.15) is 6.33 Å². The normalized spacial score (nSPS) is 21.2. The predicted molar refractivity (Wildman–Crippen MR) is 86.1 cm³/mol. The standard InChI is InChI=1S/C17H24N4/c1-17(2)11-5-4-6-15(17)19-14-9-7-13(8-10-14)16-20-18-12-21(16)3/h7-10,12,15,19H,4-6,11H2,1-3H3. The number of nitrogens with zero attached hydrogens (tertiary/aromatic N) is 3. The predicted octanol–water partition coefficient (Wildman–Crippen LogP) is 3.86. The van der Waals surface area contributed by atoms with E-state index in [0.717, 1.165) is 11.4 Å². The molecule has 1 aromatic heterocycles. The molecule has 0 amide bonds. The van der Waals surface area contributed by atoms with Crippen molar-refractivity contribution in [2.24, 2.45) is 12.5 Å². The van der Waals surface area contributed by atoms with Crippen molar-refractivity contribution in [1.29, 1.82) is 0 Å². The van der Waals surface area contributed by atoms with Crippen molar-refractivity contribution in [2.75, 3.05) is 5.32 Å². The molecule has 21 heavy (non-hydrogen) atoms. The van der Waals surface area contributed by atoms with Gasteiger partial charge in [-0.25, -0.2) is 0 Å². The SMILES string of the molecule is Cn1cnnc1-c1ccc(NC2CCCCC2(C)C)cc1. The van der Waals surface area contributed by atoms with Crippen LogP contribution in [-0.2, 0) is 7.05 Å². The zero-order valence-electron chi connectivity index (χ0n) is 13.1. The van der Waals surface area contributed by atoms with Crippen molar-refractivity contribution in [3.05, 3.63) is 30.6 Å². The number of rotatable bonds is 3. The van der Waals surface area contributed by atoms with Crippen LogP contribution in [0.15, 0.2) is 30.6 Å². The van der Waals surface area contributed by atoms with Crippen LogP contribution in [-0.4, -0.2) is 20.8 Å². The molecule has 0 aliphatic heterocycles. The van der Waals surface area contributed by atoms with Gasteiger partial charge in [-0.05, 0) is 42.5 Å². The first-order valence-electron chi connectivity index (χ1n) is 7.77. The van der Waals surface area contributed by atoms with E-state index in [0.29, 0.717) is 11.5 Å². The summed E-state index contributed by atoms with van der Waals surface area (Å²) in [5.41, 5.74) is 2.67. The quantitative estimate of drug-likeness (QED) is 0.930. The van der Waals surface area contributed by atoms with Crippen LogP contribution in [0.1, 0.15) is 39.5 Å². The third-order valence-corrected chi connectivity index (χ3v) is 4.70. The molecule has 0 radical (unpaired) electrons. The maximum atomic E-state index is 4.15. The van der Waals surface area contributed by atoms with Gasteiger partial charge in [0, 0.05) is 24.3 Å². The van der Waals surface area contributed by atoms with Gasteiger partial charge in [0.2, 0.25) is 0 Å². The Morgan fingerprint density at radius 3 is 2.57 bits per heavy atom.